The smallest absolute Gasteiger partial charge is 0.264 e. The molecule has 0 radical (unpaired) electrons. The Bertz CT molecular complexity index is 1720. The molecule has 1 saturated carbocycles. The molecule has 1 aliphatic carbocycles. The second kappa shape index (κ2) is 14.7. The van der Waals surface area contributed by atoms with E-state index >= 15 is 0 Å². The molecule has 2 amide bonds. The highest BCUT2D eigenvalue weighted by atomic mass is 32.2. The molecule has 1 aliphatic rings. The summed E-state index contributed by atoms with van der Waals surface area (Å²) in [5.74, 6) is -1.36. The lowest BCUT2D eigenvalue weighted by Crippen LogP contribution is -2.54. The van der Waals surface area contributed by atoms with E-state index < -0.39 is 34.3 Å². The van der Waals surface area contributed by atoms with Gasteiger partial charge >= 0.3 is 0 Å². The van der Waals surface area contributed by atoms with Crippen LogP contribution in [-0.2, 0) is 32.6 Å². The second-order valence-electron chi connectivity index (χ2n) is 12.0. The predicted molar refractivity (Wildman–Crippen MR) is 178 cm³/mol. The highest BCUT2D eigenvalue weighted by Gasteiger charge is 2.35. The quantitative estimate of drug-likeness (QED) is 0.196. The lowest BCUT2D eigenvalue weighted by Gasteiger charge is -2.34. The number of carbonyl (C=O) groups is 2. The maximum Gasteiger partial charge on any atom is 0.264 e. The third kappa shape index (κ3) is 8.20. The van der Waals surface area contributed by atoms with Crippen LogP contribution in [0.4, 0.5) is 10.1 Å². The van der Waals surface area contributed by atoms with Crippen LogP contribution in [-0.4, -0.2) is 43.8 Å². The minimum Gasteiger partial charge on any atom is -0.352 e. The monoisotopic (exact) mass is 641 g/mol. The molecular weight excluding hydrogens is 601 g/mol. The number of halogens is 1. The zero-order chi connectivity index (χ0) is 32.7. The summed E-state index contributed by atoms with van der Waals surface area (Å²) in [5.41, 5.74) is 3.75. The number of benzene rings is 4. The molecule has 0 bridgehead atoms. The number of aryl methyl sites for hydroxylation is 2. The summed E-state index contributed by atoms with van der Waals surface area (Å²) in [4.78, 5) is 30.1. The minimum absolute atomic E-state index is 0.000113. The minimum atomic E-state index is -4.25. The van der Waals surface area contributed by atoms with Crippen LogP contribution < -0.4 is 9.62 Å². The van der Waals surface area contributed by atoms with Gasteiger partial charge in [0.05, 0.1) is 10.6 Å². The van der Waals surface area contributed by atoms with Gasteiger partial charge < -0.3 is 10.2 Å². The van der Waals surface area contributed by atoms with Gasteiger partial charge in [0.2, 0.25) is 11.8 Å². The number of carbonyl (C=O) groups excluding carboxylic acids is 2. The zero-order valence-electron chi connectivity index (χ0n) is 26.2. The van der Waals surface area contributed by atoms with E-state index in [-0.39, 0.29) is 35.5 Å². The van der Waals surface area contributed by atoms with Crippen molar-refractivity contribution in [2.45, 2.75) is 69.5 Å². The van der Waals surface area contributed by atoms with Gasteiger partial charge in [0.15, 0.2) is 0 Å². The summed E-state index contributed by atoms with van der Waals surface area (Å²) >= 11 is 0. The van der Waals surface area contributed by atoms with Gasteiger partial charge in [-0.1, -0.05) is 90.7 Å². The lowest BCUT2D eigenvalue weighted by molar-refractivity contribution is -0.140. The van der Waals surface area contributed by atoms with Crippen molar-refractivity contribution in [3.8, 4) is 0 Å². The van der Waals surface area contributed by atoms with Crippen molar-refractivity contribution in [2.24, 2.45) is 0 Å². The molecule has 1 fully saturated rings. The van der Waals surface area contributed by atoms with Gasteiger partial charge in [-0.15, -0.1) is 0 Å². The largest absolute Gasteiger partial charge is 0.352 e. The van der Waals surface area contributed by atoms with E-state index in [1.54, 1.807) is 12.1 Å². The van der Waals surface area contributed by atoms with Gasteiger partial charge in [0, 0.05) is 19.0 Å². The van der Waals surface area contributed by atoms with E-state index in [4.69, 9.17) is 0 Å². The van der Waals surface area contributed by atoms with Crippen molar-refractivity contribution in [3.05, 3.63) is 131 Å². The molecule has 0 heterocycles. The molecule has 0 aromatic heterocycles. The Balaban J connectivity index is 1.55. The number of sulfonamides is 1. The van der Waals surface area contributed by atoms with Crippen LogP contribution in [0.5, 0.6) is 0 Å². The fourth-order valence-electron chi connectivity index (χ4n) is 5.79. The Morgan fingerprint density at radius 2 is 1.39 bits per heavy atom. The van der Waals surface area contributed by atoms with Gasteiger partial charge in [-0.3, -0.25) is 13.9 Å². The first kappa shape index (κ1) is 32.9. The van der Waals surface area contributed by atoms with E-state index in [1.807, 2.05) is 68.4 Å². The van der Waals surface area contributed by atoms with Crippen molar-refractivity contribution < 1.29 is 22.4 Å². The molecule has 1 unspecified atom stereocenters. The summed E-state index contributed by atoms with van der Waals surface area (Å²) in [7, 11) is -4.25. The molecule has 1 N–H and O–H groups in total. The number of hydrogen-bond acceptors (Lipinski definition) is 4. The molecule has 46 heavy (non-hydrogen) atoms. The molecule has 4 aromatic carbocycles. The zero-order valence-corrected chi connectivity index (χ0v) is 27.0. The number of nitrogens with zero attached hydrogens (tertiary/aromatic N) is 2. The maximum absolute atomic E-state index is 14.5. The van der Waals surface area contributed by atoms with Crippen LogP contribution in [0, 0.1) is 19.7 Å². The SMILES string of the molecule is Cc1ccc(CN(C(=O)CN(c2ccc(F)cc2)S(=O)(=O)c2ccc(C)cc2)C(Cc2ccccc2)C(=O)NC2CCCC2)cc1. The van der Waals surface area contributed by atoms with Crippen LogP contribution in [0.1, 0.15) is 47.9 Å². The van der Waals surface area contributed by atoms with Crippen molar-refractivity contribution in [1.29, 1.82) is 0 Å². The Morgan fingerprint density at radius 3 is 2.00 bits per heavy atom. The Kier molecular flexibility index (Phi) is 10.5. The summed E-state index contributed by atoms with van der Waals surface area (Å²) in [6.45, 7) is 3.33. The summed E-state index contributed by atoms with van der Waals surface area (Å²) in [6, 6.07) is 27.7. The molecule has 1 atom stereocenters. The van der Waals surface area contributed by atoms with Gasteiger partial charge in [0.25, 0.3) is 10.0 Å². The van der Waals surface area contributed by atoms with Gasteiger partial charge in [-0.25, -0.2) is 12.8 Å². The van der Waals surface area contributed by atoms with Crippen LogP contribution in [0.15, 0.2) is 108 Å². The van der Waals surface area contributed by atoms with Crippen LogP contribution in [0.2, 0.25) is 0 Å². The number of hydrogen-bond donors (Lipinski definition) is 1. The Hall–Kier alpha value is -4.50. The van der Waals surface area contributed by atoms with Gasteiger partial charge in [-0.2, -0.15) is 0 Å². The molecular formula is C37H40FN3O4S. The van der Waals surface area contributed by atoms with Crippen molar-refractivity contribution in [2.75, 3.05) is 10.8 Å². The number of amides is 2. The topological polar surface area (TPSA) is 86.8 Å². The van der Waals surface area contributed by atoms with Gasteiger partial charge in [-0.05, 0) is 74.2 Å². The summed E-state index contributed by atoms with van der Waals surface area (Å²) in [5, 5.41) is 3.18. The summed E-state index contributed by atoms with van der Waals surface area (Å²) in [6.07, 6.45) is 4.07. The molecule has 4 aromatic rings. The fourth-order valence-corrected chi connectivity index (χ4v) is 7.20. The van der Waals surface area contributed by atoms with E-state index in [9.17, 15) is 22.4 Å². The van der Waals surface area contributed by atoms with Gasteiger partial charge in [0.1, 0.15) is 18.4 Å². The Morgan fingerprint density at radius 1 is 0.804 bits per heavy atom. The molecule has 0 saturated heterocycles. The number of rotatable bonds is 12. The van der Waals surface area contributed by atoms with E-state index in [0.717, 1.165) is 64.4 Å². The normalized spacial score (nSPS) is 14.1. The lowest BCUT2D eigenvalue weighted by atomic mass is 10.0. The van der Waals surface area contributed by atoms with Crippen LogP contribution in [0.25, 0.3) is 0 Å². The highest BCUT2D eigenvalue weighted by Crippen LogP contribution is 2.26. The molecule has 0 spiro atoms. The highest BCUT2D eigenvalue weighted by molar-refractivity contribution is 7.92. The van der Waals surface area contributed by atoms with Crippen LogP contribution in [0.3, 0.4) is 0 Å². The second-order valence-corrected chi connectivity index (χ2v) is 13.9. The maximum atomic E-state index is 14.5. The molecule has 7 nitrogen and oxygen atoms in total. The third-order valence-electron chi connectivity index (χ3n) is 8.45. The standard InChI is InChI=1S/C37H40FN3O4S/c1-27-12-16-30(17-13-27)25-40(35(24-29-8-4-3-5-9-29)37(43)39-32-10-6-7-11-32)36(42)26-41(33-20-18-31(38)19-21-33)46(44,45)34-22-14-28(2)15-23-34/h3-5,8-9,12-23,32,35H,6-7,10-11,24-26H2,1-2H3,(H,39,43). The molecule has 240 valence electrons. The first-order valence-corrected chi connectivity index (χ1v) is 17.1. The van der Waals surface area contributed by atoms with E-state index in [0.29, 0.717) is 0 Å². The van der Waals surface area contributed by atoms with E-state index in [1.165, 1.54) is 29.2 Å². The summed E-state index contributed by atoms with van der Waals surface area (Å²) < 4.78 is 43.1. The molecule has 9 heteroatoms. The Labute approximate surface area is 271 Å². The first-order chi connectivity index (χ1) is 22.1. The van der Waals surface area contributed by atoms with Crippen molar-refractivity contribution in [3.63, 3.8) is 0 Å². The number of anilines is 1. The average Bonchev–Trinajstić information content (AvgIpc) is 3.56. The average molecular weight is 642 g/mol. The van der Waals surface area contributed by atoms with E-state index in [2.05, 4.69) is 5.32 Å². The van der Waals surface area contributed by atoms with Crippen molar-refractivity contribution in [1.82, 2.24) is 10.2 Å². The third-order valence-corrected chi connectivity index (χ3v) is 10.2. The predicted octanol–water partition coefficient (Wildman–Crippen LogP) is 6.34. The molecule has 5 rings (SSSR count). The fraction of sp³-hybridized carbons (Fsp3) is 0.297. The van der Waals surface area contributed by atoms with Crippen LogP contribution >= 0.6 is 0 Å². The first-order valence-electron chi connectivity index (χ1n) is 15.6. The van der Waals surface area contributed by atoms with Crippen molar-refractivity contribution >= 4 is 27.5 Å². The molecule has 0 aliphatic heterocycles. The number of nitrogens with one attached hydrogen (secondary N) is 1.